The topological polar surface area (TPSA) is 63.1 Å². The number of hydrogen-bond donors (Lipinski definition) is 1. The molecular weight excluding hydrogens is 407 g/mol. The van der Waals surface area contributed by atoms with Crippen LogP contribution >= 0.6 is 0 Å². The van der Waals surface area contributed by atoms with Gasteiger partial charge in [-0.15, -0.1) is 0 Å². The van der Waals surface area contributed by atoms with E-state index in [0.717, 1.165) is 17.7 Å². The van der Waals surface area contributed by atoms with Crippen molar-refractivity contribution >= 4 is 5.91 Å². The highest BCUT2D eigenvalue weighted by Crippen LogP contribution is 2.32. The van der Waals surface area contributed by atoms with Crippen LogP contribution in [0.5, 0.6) is 0 Å². The van der Waals surface area contributed by atoms with Crippen molar-refractivity contribution in [1.29, 1.82) is 0 Å². The molecule has 0 saturated heterocycles. The van der Waals surface area contributed by atoms with Gasteiger partial charge in [-0.2, -0.15) is 18.3 Å². The van der Waals surface area contributed by atoms with Crippen LogP contribution in [-0.2, 0) is 17.5 Å². The van der Waals surface area contributed by atoms with E-state index < -0.39 is 17.8 Å². The number of benzene rings is 1. The lowest BCUT2D eigenvalue weighted by Gasteiger charge is -2.29. The molecule has 9 heteroatoms. The summed E-state index contributed by atoms with van der Waals surface area (Å²) in [6.45, 7) is 4.99. The number of carbonyl (C=O) groups excluding carboxylic acids is 1. The van der Waals surface area contributed by atoms with Crippen molar-refractivity contribution in [2.45, 2.75) is 32.6 Å². The van der Waals surface area contributed by atoms with Crippen molar-refractivity contribution in [2.75, 3.05) is 13.1 Å². The minimum Gasteiger partial charge on any atom is -0.350 e. The van der Waals surface area contributed by atoms with Crippen LogP contribution in [0.25, 0.3) is 5.82 Å². The summed E-state index contributed by atoms with van der Waals surface area (Å²) >= 11 is 0. The highest BCUT2D eigenvalue weighted by molar-refractivity contribution is 5.83. The Morgan fingerprint density at radius 2 is 1.94 bits per heavy atom. The predicted octanol–water partition coefficient (Wildman–Crippen LogP) is 3.99. The molecule has 3 rings (SSSR count). The van der Waals surface area contributed by atoms with Crippen LogP contribution in [0.3, 0.4) is 0 Å². The van der Waals surface area contributed by atoms with Crippen molar-refractivity contribution in [1.82, 2.24) is 25.0 Å². The Kier molecular flexibility index (Phi) is 7.06. The van der Waals surface area contributed by atoms with Crippen LogP contribution in [-0.4, -0.2) is 38.7 Å². The van der Waals surface area contributed by atoms with Crippen LogP contribution in [0.4, 0.5) is 13.2 Å². The van der Waals surface area contributed by atoms with E-state index in [9.17, 15) is 18.0 Å². The summed E-state index contributed by atoms with van der Waals surface area (Å²) in [7, 11) is 0. The summed E-state index contributed by atoms with van der Waals surface area (Å²) in [5, 5.41) is 6.94. The second kappa shape index (κ2) is 9.74. The normalized spacial score (nSPS) is 12.7. The number of rotatable bonds is 8. The zero-order valence-electron chi connectivity index (χ0n) is 17.3. The number of aromatic nitrogens is 3. The Hall–Kier alpha value is -3.20. The van der Waals surface area contributed by atoms with Gasteiger partial charge in [0.1, 0.15) is 6.04 Å². The van der Waals surface area contributed by atoms with Crippen molar-refractivity contribution in [2.24, 2.45) is 0 Å². The minimum absolute atomic E-state index is 0.210. The molecule has 1 atom stereocenters. The third kappa shape index (κ3) is 5.49. The monoisotopic (exact) mass is 431 g/mol. The molecule has 2 heterocycles. The molecule has 0 spiro atoms. The number of hydrogen-bond acceptors (Lipinski definition) is 4. The SMILES string of the molecule is CCN(CC)[C@@H](C(=O)NCc1ccc(-n2cccn2)nc1)c1cccc(C(F)(F)F)c1. The molecule has 0 radical (unpaired) electrons. The Labute approximate surface area is 178 Å². The number of pyridine rings is 1. The molecule has 0 aliphatic carbocycles. The smallest absolute Gasteiger partial charge is 0.350 e. The number of halogens is 3. The summed E-state index contributed by atoms with van der Waals surface area (Å²) in [6.07, 6.45) is 0.584. The van der Waals surface area contributed by atoms with Gasteiger partial charge in [0.25, 0.3) is 0 Å². The van der Waals surface area contributed by atoms with E-state index in [1.165, 1.54) is 6.07 Å². The minimum atomic E-state index is -4.47. The third-order valence-corrected chi connectivity index (χ3v) is 4.97. The van der Waals surface area contributed by atoms with Gasteiger partial charge in [0.2, 0.25) is 5.91 Å². The number of alkyl halides is 3. The summed E-state index contributed by atoms with van der Waals surface area (Å²) in [5.74, 6) is 0.282. The van der Waals surface area contributed by atoms with Crippen molar-refractivity contribution in [3.8, 4) is 5.82 Å². The lowest BCUT2D eigenvalue weighted by molar-refractivity contribution is -0.138. The van der Waals surface area contributed by atoms with Crippen LogP contribution in [0.15, 0.2) is 61.1 Å². The molecule has 0 unspecified atom stereocenters. The van der Waals surface area contributed by atoms with Crippen molar-refractivity contribution < 1.29 is 18.0 Å². The van der Waals surface area contributed by atoms with Crippen LogP contribution in [0.2, 0.25) is 0 Å². The molecule has 1 aromatic carbocycles. The Morgan fingerprint density at radius 3 is 2.52 bits per heavy atom. The fourth-order valence-electron chi connectivity index (χ4n) is 3.35. The maximum atomic E-state index is 13.2. The molecule has 0 saturated carbocycles. The van der Waals surface area contributed by atoms with Gasteiger partial charge in [0.15, 0.2) is 5.82 Å². The van der Waals surface area contributed by atoms with Crippen LogP contribution < -0.4 is 5.32 Å². The number of carbonyl (C=O) groups is 1. The van der Waals surface area contributed by atoms with Crippen molar-refractivity contribution in [3.63, 3.8) is 0 Å². The van der Waals surface area contributed by atoms with Crippen molar-refractivity contribution in [3.05, 3.63) is 77.7 Å². The number of nitrogens with zero attached hydrogens (tertiary/aromatic N) is 4. The van der Waals surface area contributed by atoms with Gasteiger partial charge in [-0.1, -0.05) is 32.0 Å². The molecule has 6 nitrogen and oxygen atoms in total. The molecular formula is C22H24F3N5O. The van der Waals surface area contributed by atoms with E-state index >= 15 is 0 Å². The molecule has 0 fully saturated rings. The van der Waals surface area contributed by atoms with Gasteiger partial charge in [0.05, 0.1) is 5.56 Å². The highest BCUT2D eigenvalue weighted by Gasteiger charge is 2.33. The fraction of sp³-hybridized carbons (Fsp3) is 0.318. The second-order valence-corrected chi connectivity index (χ2v) is 6.94. The number of amides is 1. The lowest BCUT2D eigenvalue weighted by Crippen LogP contribution is -2.40. The molecule has 1 amide bonds. The molecule has 0 aliphatic heterocycles. The summed E-state index contributed by atoms with van der Waals surface area (Å²) in [5.41, 5.74) is 0.308. The maximum Gasteiger partial charge on any atom is 0.416 e. The fourth-order valence-corrected chi connectivity index (χ4v) is 3.35. The molecule has 0 aliphatic rings. The zero-order valence-corrected chi connectivity index (χ0v) is 17.3. The number of likely N-dealkylation sites (N-methyl/N-ethyl adjacent to an activating group) is 1. The van der Waals surface area contributed by atoms with E-state index in [2.05, 4.69) is 15.4 Å². The van der Waals surface area contributed by atoms with Gasteiger partial charge < -0.3 is 5.32 Å². The van der Waals surface area contributed by atoms with Crippen LogP contribution in [0, 0.1) is 0 Å². The van der Waals surface area contributed by atoms with E-state index in [-0.39, 0.29) is 12.5 Å². The van der Waals surface area contributed by atoms with Gasteiger partial charge in [-0.3, -0.25) is 9.69 Å². The first-order chi connectivity index (χ1) is 14.8. The van der Waals surface area contributed by atoms with E-state index in [1.807, 2.05) is 24.8 Å². The summed E-state index contributed by atoms with van der Waals surface area (Å²) in [6, 6.07) is 9.50. The predicted molar refractivity (Wildman–Crippen MR) is 110 cm³/mol. The first-order valence-electron chi connectivity index (χ1n) is 9.97. The third-order valence-electron chi connectivity index (χ3n) is 4.97. The quantitative estimate of drug-likeness (QED) is 0.586. The van der Waals surface area contributed by atoms with E-state index in [1.54, 1.807) is 41.5 Å². The average Bonchev–Trinajstić information content (AvgIpc) is 3.30. The first-order valence-corrected chi connectivity index (χ1v) is 9.97. The lowest BCUT2D eigenvalue weighted by atomic mass is 10.0. The molecule has 1 N–H and O–H groups in total. The largest absolute Gasteiger partial charge is 0.416 e. The van der Waals surface area contributed by atoms with Gasteiger partial charge in [-0.05, 0) is 48.5 Å². The zero-order chi connectivity index (χ0) is 22.4. The summed E-state index contributed by atoms with van der Waals surface area (Å²) < 4.78 is 41.1. The Balaban J connectivity index is 1.76. The van der Waals surface area contributed by atoms with Gasteiger partial charge in [-0.25, -0.2) is 9.67 Å². The summed E-state index contributed by atoms with van der Waals surface area (Å²) in [4.78, 5) is 19.2. The first kappa shape index (κ1) is 22.5. The second-order valence-electron chi connectivity index (χ2n) is 6.94. The average molecular weight is 431 g/mol. The Morgan fingerprint density at radius 1 is 1.16 bits per heavy atom. The molecule has 0 bridgehead atoms. The van der Waals surface area contributed by atoms with Crippen LogP contribution in [0.1, 0.15) is 36.6 Å². The van der Waals surface area contributed by atoms with Gasteiger partial charge in [0, 0.05) is 25.1 Å². The molecule has 3 aromatic rings. The maximum absolute atomic E-state index is 13.2. The molecule has 2 aromatic heterocycles. The highest BCUT2D eigenvalue weighted by atomic mass is 19.4. The van der Waals surface area contributed by atoms with E-state index in [0.29, 0.717) is 24.5 Å². The Bertz CT molecular complexity index is 983. The number of nitrogens with one attached hydrogen (secondary N) is 1. The van der Waals surface area contributed by atoms with Gasteiger partial charge >= 0.3 is 6.18 Å². The standard InChI is InChI=1S/C22H24F3N5O/c1-3-29(4-2)20(17-7-5-8-18(13-17)22(23,24)25)21(31)27-15-16-9-10-19(26-14-16)30-12-6-11-28-30/h5-14,20H,3-4,15H2,1-2H3,(H,27,31)/t20-/m1/s1. The molecule has 31 heavy (non-hydrogen) atoms. The molecule has 164 valence electrons. The van der Waals surface area contributed by atoms with E-state index in [4.69, 9.17) is 0 Å².